The summed E-state index contributed by atoms with van der Waals surface area (Å²) in [6.45, 7) is 4.68. The van der Waals surface area contributed by atoms with Crippen LogP contribution in [0.25, 0.3) is 0 Å². The van der Waals surface area contributed by atoms with Gasteiger partial charge in [0, 0.05) is 63.1 Å². The lowest BCUT2D eigenvalue weighted by Crippen LogP contribution is -2.51. The first-order valence-electron chi connectivity index (χ1n) is 11.7. The molecule has 34 heavy (non-hydrogen) atoms. The first-order valence-corrected chi connectivity index (χ1v) is 12.8. The Balaban J connectivity index is 1.11. The molecule has 0 bridgehead atoms. The monoisotopic (exact) mass is 499 g/mol. The molecule has 1 aromatic heterocycles. The van der Waals surface area contributed by atoms with Gasteiger partial charge in [0.15, 0.2) is 0 Å². The van der Waals surface area contributed by atoms with Crippen molar-refractivity contribution in [1.82, 2.24) is 14.3 Å². The van der Waals surface area contributed by atoms with Crippen molar-refractivity contribution in [2.24, 2.45) is 5.92 Å². The van der Waals surface area contributed by atoms with Gasteiger partial charge in [0.05, 0.1) is 10.7 Å². The molecule has 2 aliphatic heterocycles. The molecule has 0 unspecified atom stereocenters. The molecule has 3 heterocycles. The molecule has 0 N–H and O–H groups in total. The first-order chi connectivity index (χ1) is 16.6. The smallest absolute Gasteiger partial charge is 0.225 e. The van der Waals surface area contributed by atoms with E-state index in [1.165, 1.54) is 23.7 Å². The molecule has 0 atom stereocenters. The summed E-state index contributed by atoms with van der Waals surface area (Å²) >= 11 is 7.74. The van der Waals surface area contributed by atoms with Crippen LogP contribution in [0.2, 0.25) is 5.02 Å². The number of aromatic nitrogens is 2. The highest BCUT2D eigenvalue weighted by molar-refractivity contribution is 7.09. The number of benzene rings is 2. The molecule has 2 saturated heterocycles. The number of nitrogens with zero attached hydrogens (tertiary/aromatic N) is 5. The van der Waals surface area contributed by atoms with E-state index < -0.39 is 0 Å². The van der Waals surface area contributed by atoms with Crippen LogP contribution in [0.15, 0.2) is 48.5 Å². The zero-order valence-electron chi connectivity index (χ0n) is 18.9. The van der Waals surface area contributed by atoms with Crippen LogP contribution in [0.3, 0.4) is 0 Å². The van der Waals surface area contributed by atoms with E-state index in [4.69, 9.17) is 11.6 Å². The van der Waals surface area contributed by atoms with E-state index in [1.807, 2.05) is 29.2 Å². The second-order valence-electron chi connectivity index (χ2n) is 8.82. The number of carbonyl (C=O) groups excluding carboxylic acids is 1. The van der Waals surface area contributed by atoms with E-state index in [0.29, 0.717) is 6.42 Å². The highest BCUT2D eigenvalue weighted by atomic mass is 35.5. The molecule has 2 aromatic carbocycles. The Morgan fingerprint density at radius 2 is 1.68 bits per heavy atom. The Morgan fingerprint density at radius 3 is 2.38 bits per heavy atom. The number of carbonyl (C=O) groups is 1. The predicted molar refractivity (Wildman–Crippen MR) is 134 cm³/mol. The van der Waals surface area contributed by atoms with Gasteiger partial charge < -0.3 is 14.7 Å². The SMILES string of the molecule is O=C(C1CCN(c2nc(Cc3ccc(F)cc3)ns2)CC1)N1CCN(c2ccccc2Cl)CC1. The molecule has 9 heteroatoms. The fourth-order valence-corrected chi connectivity index (χ4v) is 5.67. The third kappa shape index (κ3) is 5.18. The maximum Gasteiger partial charge on any atom is 0.225 e. The summed E-state index contributed by atoms with van der Waals surface area (Å²) in [5.41, 5.74) is 2.03. The third-order valence-corrected chi connectivity index (χ3v) is 7.77. The van der Waals surface area contributed by atoms with Gasteiger partial charge in [-0.05, 0) is 42.7 Å². The Kier molecular flexibility index (Phi) is 6.97. The van der Waals surface area contributed by atoms with Gasteiger partial charge in [-0.3, -0.25) is 4.79 Å². The second kappa shape index (κ2) is 10.3. The Labute approximate surface area is 208 Å². The van der Waals surface area contributed by atoms with Gasteiger partial charge in [-0.1, -0.05) is 35.9 Å². The molecular weight excluding hydrogens is 473 g/mol. The lowest BCUT2D eigenvalue weighted by atomic mass is 9.95. The maximum absolute atomic E-state index is 13.1. The lowest BCUT2D eigenvalue weighted by Gasteiger charge is -2.39. The maximum atomic E-state index is 13.1. The van der Waals surface area contributed by atoms with E-state index in [1.54, 1.807) is 12.1 Å². The summed E-state index contributed by atoms with van der Waals surface area (Å²) in [5, 5.41) is 1.66. The number of halogens is 2. The summed E-state index contributed by atoms with van der Waals surface area (Å²) in [6.07, 6.45) is 2.25. The number of anilines is 2. The average Bonchev–Trinajstić information content (AvgIpc) is 3.34. The van der Waals surface area contributed by atoms with Gasteiger partial charge in [-0.15, -0.1) is 0 Å². The summed E-state index contributed by atoms with van der Waals surface area (Å²) in [6, 6.07) is 14.3. The van der Waals surface area contributed by atoms with E-state index in [-0.39, 0.29) is 17.6 Å². The molecule has 0 aliphatic carbocycles. The van der Waals surface area contributed by atoms with Crippen LogP contribution in [-0.4, -0.2) is 59.4 Å². The number of para-hydroxylation sites is 1. The molecule has 2 aliphatic rings. The lowest BCUT2D eigenvalue weighted by molar-refractivity contribution is -0.136. The topological polar surface area (TPSA) is 52.6 Å². The Hall–Kier alpha value is -2.71. The quantitative estimate of drug-likeness (QED) is 0.518. The Morgan fingerprint density at radius 1 is 0.971 bits per heavy atom. The molecule has 6 nitrogen and oxygen atoms in total. The van der Waals surface area contributed by atoms with Crippen molar-refractivity contribution in [2.75, 3.05) is 49.1 Å². The van der Waals surface area contributed by atoms with Crippen LogP contribution in [0.1, 0.15) is 24.2 Å². The van der Waals surface area contributed by atoms with E-state index >= 15 is 0 Å². The minimum absolute atomic E-state index is 0.0646. The Bertz CT molecular complexity index is 1120. The van der Waals surface area contributed by atoms with Gasteiger partial charge in [0.25, 0.3) is 0 Å². The zero-order chi connectivity index (χ0) is 23.5. The van der Waals surface area contributed by atoms with Crippen LogP contribution < -0.4 is 9.80 Å². The summed E-state index contributed by atoms with van der Waals surface area (Å²) in [4.78, 5) is 24.3. The highest BCUT2D eigenvalue weighted by Gasteiger charge is 2.31. The molecule has 3 aromatic rings. The molecular formula is C25H27ClFN5OS. The molecule has 0 radical (unpaired) electrons. The molecule has 5 rings (SSSR count). The molecule has 0 saturated carbocycles. The molecule has 2 fully saturated rings. The van der Waals surface area contributed by atoms with Gasteiger partial charge >= 0.3 is 0 Å². The van der Waals surface area contributed by atoms with Gasteiger partial charge in [-0.25, -0.2) is 9.37 Å². The number of hydrogen-bond donors (Lipinski definition) is 0. The van der Waals surface area contributed by atoms with Crippen molar-refractivity contribution < 1.29 is 9.18 Å². The van der Waals surface area contributed by atoms with E-state index in [0.717, 1.165) is 79.3 Å². The van der Waals surface area contributed by atoms with Crippen molar-refractivity contribution in [2.45, 2.75) is 19.3 Å². The standard InChI is InChI=1S/C25H27ClFN5OS/c26-21-3-1-2-4-22(21)30-13-15-31(16-14-30)24(33)19-9-11-32(12-10-19)25-28-23(29-34-25)17-18-5-7-20(27)8-6-18/h1-8,19H,9-17H2. The van der Waals surface area contributed by atoms with Gasteiger partial charge in [-0.2, -0.15) is 4.37 Å². The minimum atomic E-state index is -0.240. The zero-order valence-corrected chi connectivity index (χ0v) is 20.4. The summed E-state index contributed by atoms with van der Waals surface area (Å²) < 4.78 is 17.6. The average molecular weight is 500 g/mol. The normalized spacial score (nSPS) is 17.3. The molecule has 1 amide bonds. The van der Waals surface area contributed by atoms with Crippen LogP contribution in [0.5, 0.6) is 0 Å². The minimum Gasteiger partial charge on any atom is -0.367 e. The third-order valence-electron chi connectivity index (χ3n) is 6.63. The van der Waals surface area contributed by atoms with Crippen LogP contribution >= 0.6 is 23.1 Å². The summed E-state index contributed by atoms with van der Waals surface area (Å²) in [7, 11) is 0. The van der Waals surface area contributed by atoms with Crippen molar-refractivity contribution >= 4 is 39.9 Å². The predicted octanol–water partition coefficient (Wildman–Crippen LogP) is 4.49. The van der Waals surface area contributed by atoms with Crippen molar-refractivity contribution in [1.29, 1.82) is 0 Å². The molecule has 178 valence electrons. The van der Waals surface area contributed by atoms with Crippen molar-refractivity contribution in [3.8, 4) is 0 Å². The van der Waals surface area contributed by atoms with Crippen LogP contribution in [-0.2, 0) is 11.2 Å². The number of piperidine rings is 1. The fourth-order valence-electron chi connectivity index (χ4n) is 4.68. The van der Waals surface area contributed by atoms with Gasteiger partial charge in [0.2, 0.25) is 11.0 Å². The van der Waals surface area contributed by atoms with E-state index in [2.05, 4.69) is 19.2 Å². The molecule has 0 spiro atoms. The number of amides is 1. The van der Waals surface area contributed by atoms with Crippen molar-refractivity contribution in [3.05, 3.63) is 70.8 Å². The first kappa shape index (κ1) is 23.1. The van der Waals surface area contributed by atoms with E-state index in [9.17, 15) is 9.18 Å². The van der Waals surface area contributed by atoms with Gasteiger partial charge in [0.1, 0.15) is 11.6 Å². The van der Waals surface area contributed by atoms with Crippen LogP contribution in [0, 0.1) is 11.7 Å². The highest BCUT2D eigenvalue weighted by Crippen LogP contribution is 2.29. The number of piperazine rings is 1. The number of hydrogen-bond acceptors (Lipinski definition) is 6. The number of rotatable bonds is 5. The van der Waals surface area contributed by atoms with Crippen LogP contribution in [0.4, 0.5) is 15.2 Å². The largest absolute Gasteiger partial charge is 0.367 e. The fraction of sp³-hybridized carbons (Fsp3) is 0.400. The van der Waals surface area contributed by atoms with Crippen molar-refractivity contribution in [3.63, 3.8) is 0 Å². The summed E-state index contributed by atoms with van der Waals surface area (Å²) in [5.74, 6) is 0.846. The second-order valence-corrected chi connectivity index (χ2v) is 9.96.